The minimum Gasteiger partial charge on any atom is -0.483 e. The van der Waals surface area contributed by atoms with Crippen molar-refractivity contribution in [2.75, 3.05) is 11.1 Å². The van der Waals surface area contributed by atoms with E-state index in [1.54, 1.807) is 36.5 Å². The Labute approximate surface area is 292 Å². The molecule has 13 nitrogen and oxygen atoms in total. The van der Waals surface area contributed by atoms with Crippen molar-refractivity contribution in [2.24, 2.45) is 5.73 Å². The van der Waals surface area contributed by atoms with Crippen LogP contribution in [0, 0.1) is 5.41 Å². The van der Waals surface area contributed by atoms with Gasteiger partial charge in [0.2, 0.25) is 5.91 Å². The summed E-state index contributed by atoms with van der Waals surface area (Å²) in [6, 6.07) is 22.4. The monoisotopic (exact) mass is 739 g/mol. The number of benzene rings is 3. The largest absolute Gasteiger partial charge is 0.490 e. The van der Waals surface area contributed by atoms with E-state index in [2.05, 4.69) is 15.6 Å². The number of nitrogens with zero attached hydrogens (tertiary/aromatic N) is 2. The summed E-state index contributed by atoms with van der Waals surface area (Å²) in [5.74, 6) is -2.94. The summed E-state index contributed by atoms with van der Waals surface area (Å²) in [4.78, 5) is 48.1. The maximum atomic E-state index is 13.4. The Morgan fingerprint density at radius 2 is 1.50 bits per heavy atom. The van der Waals surface area contributed by atoms with Gasteiger partial charge in [-0.15, -0.1) is 0 Å². The van der Waals surface area contributed by atoms with Gasteiger partial charge in [0.1, 0.15) is 12.4 Å². The van der Waals surface area contributed by atoms with Gasteiger partial charge in [-0.1, -0.05) is 54.6 Å². The van der Waals surface area contributed by atoms with E-state index in [-0.39, 0.29) is 43.2 Å². The molecular formula is C33H35F6N7O6. The topological polar surface area (TPSA) is 227 Å². The third kappa shape index (κ3) is 15.4. The normalized spacial score (nSPS) is 10.3. The van der Waals surface area contributed by atoms with Gasteiger partial charge in [0.15, 0.2) is 5.82 Å². The van der Waals surface area contributed by atoms with Crippen LogP contribution in [0.1, 0.15) is 25.0 Å². The Balaban J connectivity index is 0.000000823. The quantitative estimate of drug-likeness (QED) is 0.0395. The summed E-state index contributed by atoms with van der Waals surface area (Å²) < 4.78 is 62.1. The van der Waals surface area contributed by atoms with Gasteiger partial charge in [-0.3, -0.25) is 24.4 Å². The van der Waals surface area contributed by atoms with E-state index in [0.717, 1.165) is 16.7 Å². The molecule has 19 heteroatoms. The predicted molar refractivity (Wildman–Crippen MR) is 181 cm³/mol. The fourth-order valence-electron chi connectivity index (χ4n) is 4.05. The summed E-state index contributed by atoms with van der Waals surface area (Å²) in [7, 11) is 0. The zero-order valence-electron chi connectivity index (χ0n) is 27.5. The SMILES string of the molecule is CC(C)Nc1ncc(-c2cc(N)cc(-c3ccccc3)c2)n(CC(=O)NCc2ccc(C(=N)N)cc2)c1=O.FC(F)F.O=C(O)C(F)(F)F.O=CO. The third-order valence-electron chi connectivity index (χ3n) is 6.14. The van der Waals surface area contributed by atoms with Crippen LogP contribution in [-0.2, 0) is 27.5 Å². The minimum atomic E-state index is -5.08. The molecule has 3 aromatic carbocycles. The summed E-state index contributed by atoms with van der Waals surface area (Å²) in [6.07, 6.45) is -3.50. The molecule has 280 valence electrons. The van der Waals surface area contributed by atoms with Crippen molar-refractivity contribution in [3.8, 4) is 22.4 Å². The molecule has 0 atom stereocenters. The average molecular weight is 740 g/mol. The van der Waals surface area contributed by atoms with Crippen molar-refractivity contribution in [1.82, 2.24) is 14.9 Å². The number of hydrogen-bond acceptors (Lipinski definition) is 8. The number of nitrogens with two attached hydrogens (primary N) is 2. The number of carbonyl (C=O) groups excluding carboxylic acids is 1. The van der Waals surface area contributed by atoms with Crippen molar-refractivity contribution >= 4 is 35.7 Å². The highest BCUT2D eigenvalue weighted by atomic mass is 19.4. The second kappa shape index (κ2) is 21.0. The zero-order chi connectivity index (χ0) is 39.6. The Morgan fingerprint density at radius 1 is 0.981 bits per heavy atom. The molecule has 0 radical (unpaired) electrons. The van der Waals surface area contributed by atoms with Crippen LogP contribution in [0.3, 0.4) is 0 Å². The number of amides is 1. The number of nitrogen functional groups attached to an aromatic ring is 2. The van der Waals surface area contributed by atoms with Crippen LogP contribution >= 0.6 is 0 Å². The lowest BCUT2D eigenvalue weighted by Crippen LogP contribution is -2.35. The number of carboxylic acid groups (broad SMARTS) is 2. The first-order valence-electron chi connectivity index (χ1n) is 14.6. The molecule has 0 bridgehead atoms. The molecule has 0 saturated heterocycles. The molecule has 4 rings (SSSR count). The van der Waals surface area contributed by atoms with Gasteiger partial charge >= 0.3 is 18.8 Å². The second-order valence-corrected chi connectivity index (χ2v) is 10.4. The molecule has 9 N–H and O–H groups in total. The van der Waals surface area contributed by atoms with Crippen LogP contribution in [0.2, 0.25) is 0 Å². The van der Waals surface area contributed by atoms with Gasteiger partial charge in [0, 0.05) is 29.4 Å². The molecule has 1 heterocycles. The number of halogens is 6. The molecule has 0 aliphatic rings. The minimum absolute atomic E-state index is 0.0154. The molecule has 0 unspecified atom stereocenters. The zero-order valence-corrected chi connectivity index (χ0v) is 27.5. The van der Waals surface area contributed by atoms with E-state index >= 15 is 0 Å². The van der Waals surface area contributed by atoms with Gasteiger partial charge in [-0.25, -0.2) is 9.78 Å². The number of hydrogen-bond donors (Lipinski definition) is 7. The van der Waals surface area contributed by atoms with Crippen molar-refractivity contribution in [3.05, 3.63) is 100 Å². The molecule has 0 aliphatic carbocycles. The summed E-state index contributed by atoms with van der Waals surface area (Å²) in [5, 5.41) is 27.4. The van der Waals surface area contributed by atoms with E-state index < -0.39 is 24.4 Å². The molecule has 0 fully saturated rings. The Bertz CT molecular complexity index is 1840. The third-order valence-corrected chi connectivity index (χ3v) is 6.14. The number of carboxylic acids is 1. The van der Waals surface area contributed by atoms with E-state index in [9.17, 15) is 35.9 Å². The van der Waals surface area contributed by atoms with Crippen LogP contribution < -0.4 is 27.7 Å². The second-order valence-electron chi connectivity index (χ2n) is 10.4. The number of alkyl halides is 6. The highest BCUT2D eigenvalue weighted by Crippen LogP contribution is 2.29. The van der Waals surface area contributed by atoms with Crippen LogP contribution in [0.25, 0.3) is 22.4 Å². The van der Waals surface area contributed by atoms with Crippen molar-refractivity contribution in [1.29, 1.82) is 5.41 Å². The highest BCUT2D eigenvalue weighted by molar-refractivity contribution is 5.94. The van der Waals surface area contributed by atoms with Crippen LogP contribution in [-0.4, -0.2) is 62.8 Å². The number of aliphatic carboxylic acids is 1. The number of nitrogens with one attached hydrogen (secondary N) is 3. The van der Waals surface area contributed by atoms with Crippen molar-refractivity contribution < 1.29 is 50.9 Å². The first-order chi connectivity index (χ1) is 24.3. The number of aromatic nitrogens is 2. The standard InChI is InChI=1S/C29H31N7O2.C2HF3O2.CHF3.CH2O2/c1-18(2)35-28-29(38)36(17-26(37)33-15-19-8-10-21(11-9-19)27(31)32)25(16-34-28)23-12-22(13-24(30)14-23)20-6-4-3-5-7-20;3-2(4,5)1(6)7;2-1(3)4;2-1-3/h3-14,16,18H,15,17,30H2,1-2H3,(H3,31,32)(H,33,37)(H,34,35);(H,6,7);1H;1H,(H,2,3). The van der Waals surface area contributed by atoms with Gasteiger partial charge in [0.05, 0.1) is 11.9 Å². The van der Waals surface area contributed by atoms with Crippen LogP contribution in [0.15, 0.2) is 83.8 Å². The fraction of sp³-hybridized carbons (Fsp3) is 0.212. The van der Waals surface area contributed by atoms with Crippen LogP contribution in [0.4, 0.5) is 37.8 Å². The number of amidine groups is 1. The molecule has 0 spiro atoms. The lowest BCUT2D eigenvalue weighted by Gasteiger charge is -2.17. The molecule has 4 aromatic rings. The molecule has 0 saturated carbocycles. The maximum absolute atomic E-state index is 13.4. The van der Waals surface area contributed by atoms with E-state index in [1.165, 1.54) is 4.57 Å². The van der Waals surface area contributed by atoms with Crippen LogP contribution in [0.5, 0.6) is 0 Å². The number of anilines is 2. The van der Waals surface area contributed by atoms with Crippen molar-refractivity contribution in [3.63, 3.8) is 0 Å². The highest BCUT2D eigenvalue weighted by Gasteiger charge is 2.38. The number of carbonyl (C=O) groups is 3. The van der Waals surface area contributed by atoms with Gasteiger partial charge in [0.25, 0.3) is 12.0 Å². The Hall–Kier alpha value is -6.40. The molecule has 52 heavy (non-hydrogen) atoms. The lowest BCUT2D eigenvalue weighted by molar-refractivity contribution is -0.192. The maximum Gasteiger partial charge on any atom is 0.490 e. The predicted octanol–water partition coefficient (Wildman–Crippen LogP) is 5.09. The van der Waals surface area contributed by atoms with E-state index in [1.807, 2.05) is 56.3 Å². The Kier molecular flexibility index (Phi) is 17.6. The fourth-order valence-corrected chi connectivity index (χ4v) is 4.05. The van der Waals surface area contributed by atoms with Gasteiger partial charge in [-0.2, -0.15) is 26.3 Å². The van der Waals surface area contributed by atoms with E-state index in [4.69, 9.17) is 36.7 Å². The number of rotatable bonds is 9. The molecular weight excluding hydrogens is 704 g/mol. The molecule has 0 aliphatic heterocycles. The summed E-state index contributed by atoms with van der Waals surface area (Å²) in [6.45, 7) is -0.0365. The van der Waals surface area contributed by atoms with Gasteiger partial charge < -0.3 is 32.3 Å². The first-order valence-corrected chi connectivity index (χ1v) is 14.6. The smallest absolute Gasteiger partial charge is 0.483 e. The lowest BCUT2D eigenvalue weighted by atomic mass is 10.0. The van der Waals surface area contributed by atoms with Crippen molar-refractivity contribution in [2.45, 2.75) is 45.8 Å². The average Bonchev–Trinajstić information content (AvgIpc) is 3.06. The molecule has 1 aromatic heterocycles. The first kappa shape index (κ1) is 43.6. The molecule has 1 amide bonds. The summed E-state index contributed by atoms with van der Waals surface area (Å²) >= 11 is 0. The Morgan fingerprint density at radius 3 is 1.98 bits per heavy atom. The van der Waals surface area contributed by atoms with Gasteiger partial charge in [-0.05, 0) is 48.7 Å². The summed E-state index contributed by atoms with van der Waals surface area (Å²) in [5.41, 5.74) is 16.4. The van der Waals surface area contributed by atoms with E-state index in [0.29, 0.717) is 22.5 Å².